The predicted octanol–water partition coefficient (Wildman–Crippen LogP) is 23.5. The molecule has 2 aromatic heterocycles. The first-order valence-corrected chi connectivity index (χ1v) is 35.2. The minimum atomic E-state index is -1.39. The van der Waals surface area contributed by atoms with E-state index in [4.69, 9.17) is 9.97 Å². The highest BCUT2D eigenvalue weighted by Crippen LogP contribution is 2.81. The Balaban J connectivity index is 1.04. The van der Waals surface area contributed by atoms with Gasteiger partial charge in [0.15, 0.2) is 11.2 Å². The zero-order valence-corrected chi connectivity index (χ0v) is 51.3. The first kappa shape index (κ1) is 39.9. The van der Waals surface area contributed by atoms with Crippen molar-refractivity contribution in [2.75, 3.05) is 0 Å². The lowest BCUT2D eigenvalue weighted by Gasteiger charge is -2.49. The Morgan fingerprint density at radius 2 is 0.438 bits per heavy atom. The summed E-state index contributed by atoms with van der Waals surface area (Å²) in [6.07, 6.45) is 4.93. The van der Waals surface area contributed by atoms with Crippen molar-refractivity contribution in [2.24, 2.45) is 0 Å². The van der Waals surface area contributed by atoms with Crippen LogP contribution in [0.4, 0.5) is 0 Å². The van der Waals surface area contributed by atoms with E-state index in [9.17, 15) is 0 Å². The van der Waals surface area contributed by atoms with Crippen molar-refractivity contribution in [1.82, 2.24) is 9.97 Å². The quantitative estimate of drug-likeness (QED) is 0.0983. The van der Waals surface area contributed by atoms with Crippen molar-refractivity contribution in [3.05, 3.63) is 104 Å². The first-order valence-electron chi connectivity index (χ1n) is 35.2. The van der Waals surface area contributed by atoms with E-state index in [1.54, 1.807) is 26.9 Å². The van der Waals surface area contributed by atoms with Crippen molar-refractivity contribution >= 4 is 351 Å². The fourth-order valence-corrected chi connectivity index (χ4v) is 29.8. The van der Waals surface area contributed by atoms with Crippen molar-refractivity contribution in [1.29, 1.82) is 0 Å². The molecule has 0 radical (unpaired) electrons. The SMILES string of the molecule is CC(C)(C)c1cccc([C@]23C=C[C@]4(c5cccc(C(C)(C)C)n5)c5c2c2c6c(c7c8c9c(=O)c%10c4c4c%11c5c5c2c2c%12c6c6c7c7c8c8c%13c9c%10c9c4c4c%10c%11c%11c5c2c2c5c%12c6c6c7c7c8c8c%12c%13c9c9c4c4c%10c%10c%11c2c2c%10c%10c4c(c9%12)c4c8c7c7c6c5c2c7c%104)C3=O)n1. The summed E-state index contributed by atoms with van der Waals surface area (Å²) in [5.74, 6) is 0.104. The van der Waals surface area contributed by atoms with Gasteiger partial charge in [0.25, 0.3) is 0 Å². The van der Waals surface area contributed by atoms with Gasteiger partial charge in [0.2, 0.25) is 0 Å². The van der Waals surface area contributed by atoms with Crippen molar-refractivity contribution in [2.45, 2.75) is 63.2 Å². The van der Waals surface area contributed by atoms with Gasteiger partial charge in [-0.1, -0.05) is 65.8 Å². The Hall–Kier alpha value is -11.5. The second-order valence-electron chi connectivity index (χ2n) is 35.4. The molecule has 3 aliphatic carbocycles. The number of allylic oxidation sites excluding steroid dienone is 2. The number of aromatic nitrogens is 2. The summed E-state index contributed by atoms with van der Waals surface area (Å²) in [4.78, 5) is 49.9. The van der Waals surface area contributed by atoms with Gasteiger partial charge in [-0.25, -0.2) is 0 Å². The number of Topliss-reactive ketones (excluding diaryl/α,β-unsaturated/α-hetero) is 1. The lowest BCUT2D eigenvalue weighted by molar-refractivity contribution is 0.0937. The zero-order chi connectivity index (χ0) is 59.8. The Bertz CT molecular complexity index is 10100. The molecule has 0 aliphatic heterocycles. The third-order valence-corrected chi connectivity index (χ3v) is 31.4. The summed E-state index contributed by atoms with van der Waals surface area (Å²) in [6.45, 7) is 13.7. The lowest BCUT2D eigenvalue weighted by atomic mass is 9.52. The number of fused-ring (bicyclic) bond motifs is 5. The van der Waals surface area contributed by atoms with Gasteiger partial charge in [-0.2, -0.15) is 0 Å². The molecule has 0 unspecified atom stereocenters. The highest BCUT2D eigenvalue weighted by Gasteiger charge is 2.62. The van der Waals surface area contributed by atoms with E-state index in [1.165, 1.54) is 291 Å². The van der Waals surface area contributed by atoms with Crippen LogP contribution in [0.15, 0.2) is 53.3 Å². The number of ketones is 1. The molecule has 0 fully saturated rings. The lowest BCUT2D eigenvalue weighted by Crippen LogP contribution is -2.47. The van der Waals surface area contributed by atoms with Gasteiger partial charge in [0, 0.05) is 232 Å². The average Bonchev–Trinajstić information content (AvgIpc) is 1.38. The van der Waals surface area contributed by atoms with Crippen LogP contribution in [0.2, 0.25) is 0 Å². The normalized spacial score (nSPS) is 20.3. The number of carbonyl (C=O) groups excluding carboxylic acids is 1. The third kappa shape index (κ3) is 2.47. The molecular formula is C92H26N2O2. The van der Waals surface area contributed by atoms with Crippen LogP contribution in [0.5, 0.6) is 0 Å². The van der Waals surface area contributed by atoms with E-state index in [0.717, 1.165) is 71.8 Å². The highest BCUT2D eigenvalue weighted by atomic mass is 16.1. The second-order valence-corrected chi connectivity index (χ2v) is 35.4. The van der Waals surface area contributed by atoms with Crippen LogP contribution in [0.25, 0.3) is 345 Å². The third-order valence-electron chi connectivity index (χ3n) is 31.4. The van der Waals surface area contributed by atoms with Gasteiger partial charge in [-0.3, -0.25) is 19.6 Å². The van der Waals surface area contributed by atoms with Gasteiger partial charge in [-0.15, -0.1) is 0 Å². The molecule has 3 aliphatic rings. The van der Waals surface area contributed by atoms with Crippen LogP contribution in [-0.2, 0) is 21.7 Å². The zero-order valence-electron chi connectivity index (χ0n) is 51.3. The van der Waals surface area contributed by atoms with Gasteiger partial charge in [-0.05, 0) is 181 Å². The van der Waals surface area contributed by atoms with Crippen molar-refractivity contribution in [3.8, 4) is 0 Å². The van der Waals surface area contributed by atoms with Crippen LogP contribution in [0.3, 0.4) is 0 Å². The Kier molecular flexibility index (Phi) is 3.96. The molecule has 35 aromatic rings. The maximum Gasteiger partial charge on any atom is 0.195 e. The van der Waals surface area contributed by atoms with E-state index in [-0.39, 0.29) is 22.0 Å². The monoisotopic (exact) mass is 1190 g/mol. The van der Waals surface area contributed by atoms with Crippen LogP contribution in [0, 0.1) is 0 Å². The summed E-state index contributed by atoms with van der Waals surface area (Å²) in [6, 6.07) is 13.5. The topological polar surface area (TPSA) is 59.9 Å². The molecular weight excluding hydrogens is 1170 g/mol. The molecule has 0 N–H and O–H groups in total. The summed E-state index contributed by atoms with van der Waals surface area (Å²) >= 11 is 0. The van der Waals surface area contributed by atoms with Crippen molar-refractivity contribution in [3.63, 3.8) is 0 Å². The van der Waals surface area contributed by atoms with Crippen LogP contribution < -0.4 is 5.43 Å². The molecule has 96 heavy (non-hydrogen) atoms. The molecule has 2 atom stereocenters. The number of hydrogen-bond acceptors (Lipinski definition) is 4. The molecule has 0 spiro atoms. The molecule has 0 saturated carbocycles. The van der Waals surface area contributed by atoms with E-state index >= 15 is 9.59 Å². The molecule has 416 valence electrons. The molecule has 4 nitrogen and oxygen atoms in total. The minimum absolute atomic E-state index is 0.104. The highest BCUT2D eigenvalue weighted by molar-refractivity contribution is 6.83. The number of rotatable bonds is 2. The predicted molar refractivity (Wildman–Crippen MR) is 402 cm³/mol. The molecule has 33 aromatic carbocycles. The summed E-state index contributed by atoms with van der Waals surface area (Å²) < 4.78 is 0. The Morgan fingerprint density at radius 1 is 0.229 bits per heavy atom. The number of pyridine rings is 2. The Morgan fingerprint density at radius 3 is 0.760 bits per heavy atom. The van der Waals surface area contributed by atoms with Crippen LogP contribution in [-0.4, -0.2) is 15.8 Å². The largest absolute Gasteiger partial charge is 0.292 e. The average molecular weight is 1190 g/mol. The van der Waals surface area contributed by atoms with Gasteiger partial charge >= 0.3 is 0 Å². The summed E-state index contributed by atoms with van der Waals surface area (Å²) in [5.41, 5.74) is 4.87. The first-order chi connectivity index (χ1) is 46.9. The maximum absolute atomic E-state index is 19.1. The Labute approximate surface area is 528 Å². The van der Waals surface area contributed by atoms with Gasteiger partial charge in [0.05, 0.1) is 16.8 Å². The van der Waals surface area contributed by atoms with Crippen molar-refractivity contribution < 1.29 is 4.79 Å². The van der Waals surface area contributed by atoms with Crippen LogP contribution in [0.1, 0.15) is 91.4 Å². The molecule has 0 saturated heterocycles. The number of carbonyl (C=O) groups is 1. The number of nitrogens with zero attached hydrogens (tertiary/aromatic N) is 2. The van der Waals surface area contributed by atoms with Crippen LogP contribution >= 0.6 is 0 Å². The number of benzene rings is 23. The fraction of sp³-hybridized carbons (Fsp3) is 0.109. The van der Waals surface area contributed by atoms with E-state index < -0.39 is 10.8 Å². The summed E-state index contributed by atoms with van der Waals surface area (Å²) in [7, 11) is 0. The van der Waals surface area contributed by atoms with E-state index in [2.05, 4.69) is 90.1 Å². The van der Waals surface area contributed by atoms with E-state index in [0.29, 0.717) is 0 Å². The van der Waals surface area contributed by atoms with Gasteiger partial charge < -0.3 is 0 Å². The fourth-order valence-electron chi connectivity index (χ4n) is 29.8. The maximum atomic E-state index is 19.1. The molecule has 38 rings (SSSR count). The van der Waals surface area contributed by atoms with E-state index in [1.807, 2.05) is 0 Å². The second kappa shape index (κ2) is 9.52. The smallest absolute Gasteiger partial charge is 0.195 e. The molecule has 0 bridgehead atoms. The molecule has 2 heterocycles. The van der Waals surface area contributed by atoms with Gasteiger partial charge in [0.1, 0.15) is 5.41 Å². The minimum Gasteiger partial charge on any atom is -0.292 e. The molecule has 4 heteroatoms. The molecule has 0 amide bonds. The standard InChI is InChI=1S/C92H26N2O2/c1-89(2,3)15-9-7-11-17(93-15)91-13-14-92(18-12-8-10-16(94-18)90(4,5)6)86-80-71-62-53-42-35-26-22-19-20-21-25-29-23(19)30-27(22)36(42)45-48-39(30)47-38(29)46-33(25)41-34-31(21)32-24(20)28(26)37-43(35)55-61(53)70(71)79(85(86)91)76-66(55)54-44(37)40(32)50-49(34)52-51(41)64-57(46)63-58(47)65-59(48)67(56(45)62)77(80)82(88(92)96)74(65)72(63)81-73(64)75-68(52)69(60(50)54)78(76)84(91)83(75)87(81)95/h7-14H,1-6H3/t91-,92-/m1/s1. The summed E-state index contributed by atoms with van der Waals surface area (Å²) in [5, 5.41) is 89.3. The number of hydrogen-bond donors (Lipinski definition) is 0.